The van der Waals surface area contributed by atoms with Gasteiger partial charge in [-0.1, -0.05) is 12.1 Å². The number of ether oxygens (including phenoxy) is 1. The third kappa shape index (κ3) is 3.60. The molecule has 2 fully saturated rings. The van der Waals surface area contributed by atoms with E-state index < -0.39 is 0 Å². The Labute approximate surface area is 124 Å². The Morgan fingerprint density at radius 3 is 2.67 bits per heavy atom. The molecule has 2 aliphatic rings. The quantitative estimate of drug-likeness (QED) is 0.793. The van der Waals surface area contributed by atoms with Crippen LogP contribution in [0, 0.1) is 5.82 Å². The molecule has 2 heterocycles. The standard InChI is InChI=1S/C16H21FN2O2/c17-14-4-2-13(3-5-14)12-18-7-1-8-19(10-9-18)15-6-11-21-16(15)20/h2-5,15H,1,6-12H2/t15-/m0/s1. The molecule has 1 aromatic carbocycles. The van der Waals surface area contributed by atoms with Gasteiger partial charge in [-0.2, -0.15) is 0 Å². The summed E-state index contributed by atoms with van der Waals surface area (Å²) in [6, 6.07) is 6.65. The minimum absolute atomic E-state index is 0.0456. The maximum absolute atomic E-state index is 12.9. The van der Waals surface area contributed by atoms with E-state index in [-0.39, 0.29) is 17.8 Å². The van der Waals surface area contributed by atoms with E-state index in [1.807, 2.05) is 12.1 Å². The van der Waals surface area contributed by atoms with Gasteiger partial charge in [0.1, 0.15) is 11.9 Å². The molecule has 21 heavy (non-hydrogen) atoms. The first kappa shape index (κ1) is 14.5. The predicted octanol–water partition coefficient (Wildman–Crippen LogP) is 1.65. The van der Waals surface area contributed by atoms with Gasteiger partial charge in [0.05, 0.1) is 6.61 Å². The molecule has 0 saturated carbocycles. The fourth-order valence-corrected chi connectivity index (χ4v) is 3.13. The van der Waals surface area contributed by atoms with E-state index in [1.54, 1.807) is 0 Å². The molecule has 0 bridgehead atoms. The zero-order chi connectivity index (χ0) is 14.7. The molecule has 4 nitrogen and oxygen atoms in total. The lowest BCUT2D eigenvalue weighted by Gasteiger charge is -2.24. The Balaban J connectivity index is 1.55. The molecule has 0 N–H and O–H groups in total. The van der Waals surface area contributed by atoms with Gasteiger partial charge in [-0.25, -0.2) is 4.39 Å². The number of cyclic esters (lactones) is 1. The smallest absolute Gasteiger partial charge is 0.323 e. The fourth-order valence-electron chi connectivity index (χ4n) is 3.13. The average molecular weight is 292 g/mol. The monoisotopic (exact) mass is 292 g/mol. The average Bonchev–Trinajstić information content (AvgIpc) is 2.77. The van der Waals surface area contributed by atoms with Gasteiger partial charge in [0.15, 0.2) is 0 Å². The SMILES string of the molecule is O=C1OCC[C@@H]1N1CCCN(Cc2ccc(F)cc2)CC1. The maximum Gasteiger partial charge on any atom is 0.323 e. The minimum atomic E-state index is -0.194. The van der Waals surface area contributed by atoms with Crippen molar-refractivity contribution in [3.05, 3.63) is 35.6 Å². The third-order valence-corrected chi connectivity index (χ3v) is 4.29. The highest BCUT2D eigenvalue weighted by Gasteiger charge is 2.32. The second-order valence-electron chi connectivity index (χ2n) is 5.76. The molecule has 0 unspecified atom stereocenters. The Hall–Kier alpha value is -1.46. The number of hydrogen-bond acceptors (Lipinski definition) is 4. The van der Waals surface area contributed by atoms with Crippen molar-refractivity contribution in [3.63, 3.8) is 0 Å². The van der Waals surface area contributed by atoms with Crippen molar-refractivity contribution in [3.8, 4) is 0 Å². The molecular weight excluding hydrogens is 271 g/mol. The van der Waals surface area contributed by atoms with Gasteiger partial charge >= 0.3 is 5.97 Å². The predicted molar refractivity (Wildman–Crippen MR) is 77.2 cm³/mol. The highest BCUT2D eigenvalue weighted by atomic mass is 19.1. The second kappa shape index (κ2) is 6.54. The van der Waals surface area contributed by atoms with Gasteiger partial charge in [0.2, 0.25) is 0 Å². The summed E-state index contributed by atoms with van der Waals surface area (Å²) in [5.74, 6) is -0.262. The van der Waals surface area contributed by atoms with E-state index in [1.165, 1.54) is 12.1 Å². The van der Waals surface area contributed by atoms with Crippen molar-refractivity contribution in [1.82, 2.24) is 9.80 Å². The largest absolute Gasteiger partial charge is 0.464 e. The number of rotatable bonds is 3. The normalized spacial score (nSPS) is 24.8. The maximum atomic E-state index is 12.9. The summed E-state index contributed by atoms with van der Waals surface area (Å²) >= 11 is 0. The lowest BCUT2D eigenvalue weighted by molar-refractivity contribution is -0.142. The van der Waals surface area contributed by atoms with Gasteiger partial charge in [-0.3, -0.25) is 14.6 Å². The Morgan fingerprint density at radius 1 is 1.14 bits per heavy atom. The van der Waals surface area contributed by atoms with E-state index in [9.17, 15) is 9.18 Å². The van der Waals surface area contributed by atoms with Crippen LogP contribution in [0.25, 0.3) is 0 Å². The Kier molecular flexibility index (Phi) is 4.51. The first-order valence-electron chi connectivity index (χ1n) is 7.60. The first-order valence-corrected chi connectivity index (χ1v) is 7.60. The zero-order valence-corrected chi connectivity index (χ0v) is 12.1. The number of halogens is 1. The first-order chi connectivity index (χ1) is 10.2. The van der Waals surface area contributed by atoms with Crippen LogP contribution < -0.4 is 0 Å². The second-order valence-corrected chi connectivity index (χ2v) is 5.76. The number of hydrogen-bond donors (Lipinski definition) is 0. The van der Waals surface area contributed by atoms with E-state index in [2.05, 4.69) is 9.80 Å². The summed E-state index contributed by atoms with van der Waals surface area (Å²) < 4.78 is 18.0. The van der Waals surface area contributed by atoms with Crippen LogP contribution in [-0.4, -0.2) is 54.6 Å². The molecule has 0 aliphatic carbocycles. The lowest BCUT2D eigenvalue weighted by Crippen LogP contribution is -2.40. The van der Waals surface area contributed by atoms with Crippen molar-refractivity contribution >= 4 is 5.97 Å². The van der Waals surface area contributed by atoms with Crippen LogP contribution in [0.3, 0.4) is 0 Å². The van der Waals surface area contributed by atoms with Crippen LogP contribution in [0.5, 0.6) is 0 Å². The number of nitrogens with zero attached hydrogens (tertiary/aromatic N) is 2. The van der Waals surface area contributed by atoms with E-state index >= 15 is 0 Å². The molecule has 1 atom stereocenters. The highest BCUT2D eigenvalue weighted by molar-refractivity contribution is 5.77. The summed E-state index contributed by atoms with van der Waals surface area (Å²) in [5.41, 5.74) is 1.13. The van der Waals surface area contributed by atoms with Crippen LogP contribution in [0.1, 0.15) is 18.4 Å². The van der Waals surface area contributed by atoms with Crippen molar-refractivity contribution in [1.29, 1.82) is 0 Å². The molecule has 1 aromatic rings. The van der Waals surface area contributed by atoms with Crippen molar-refractivity contribution in [2.24, 2.45) is 0 Å². The molecule has 3 rings (SSSR count). The Morgan fingerprint density at radius 2 is 1.95 bits per heavy atom. The van der Waals surface area contributed by atoms with Gasteiger partial charge in [0.25, 0.3) is 0 Å². The topological polar surface area (TPSA) is 32.8 Å². The van der Waals surface area contributed by atoms with Crippen LogP contribution >= 0.6 is 0 Å². The number of carbonyl (C=O) groups is 1. The van der Waals surface area contributed by atoms with Crippen molar-refractivity contribution < 1.29 is 13.9 Å². The summed E-state index contributed by atoms with van der Waals surface area (Å²) in [7, 11) is 0. The van der Waals surface area contributed by atoms with Gasteiger partial charge in [0, 0.05) is 32.6 Å². The minimum Gasteiger partial charge on any atom is -0.464 e. The highest BCUT2D eigenvalue weighted by Crippen LogP contribution is 2.17. The molecule has 2 saturated heterocycles. The molecule has 114 valence electrons. The van der Waals surface area contributed by atoms with Gasteiger partial charge < -0.3 is 4.74 Å². The number of esters is 1. The Bertz CT molecular complexity index is 492. The van der Waals surface area contributed by atoms with Gasteiger partial charge in [-0.05, 0) is 30.7 Å². The third-order valence-electron chi connectivity index (χ3n) is 4.29. The summed E-state index contributed by atoms with van der Waals surface area (Å²) in [4.78, 5) is 16.3. The van der Waals surface area contributed by atoms with Gasteiger partial charge in [-0.15, -0.1) is 0 Å². The molecule has 0 radical (unpaired) electrons. The summed E-state index contributed by atoms with van der Waals surface area (Å²) in [5, 5.41) is 0. The summed E-state index contributed by atoms with van der Waals surface area (Å²) in [6.07, 6.45) is 1.86. The van der Waals surface area contributed by atoms with E-state index in [4.69, 9.17) is 4.74 Å². The van der Waals surface area contributed by atoms with Crippen molar-refractivity contribution in [2.75, 3.05) is 32.8 Å². The lowest BCUT2D eigenvalue weighted by atomic mass is 10.2. The molecular formula is C16H21FN2O2. The van der Waals surface area contributed by atoms with Crippen LogP contribution in [0.4, 0.5) is 4.39 Å². The van der Waals surface area contributed by atoms with Crippen molar-refractivity contribution in [2.45, 2.75) is 25.4 Å². The fraction of sp³-hybridized carbons (Fsp3) is 0.562. The zero-order valence-electron chi connectivity index (χ0n) is 12.1. The van der Waals surface area contributed by atoms with Crippen LogP contribution in [0.2, 0.25) is 0 Å². The molecule has 2 aliphatic heterocycles. The number of carbonyl (C=O) groups excluding carboxylic acids is 1. The number of benzene rings is 1. The summed E-state index contributed by atoms with van der Waals surface area (Å²) in [6.45, 7) is 5.17. The molecule has 0 aromatic heterocycles. The van der Waals surface area contributed by atoms with Crippen LogP contribution in [-0.2, 0) is 16.1 Å². The van der Waals surface area contributed by atoms with Crippen LogP contribution in [0.15, 0.2) is 24.3 Å². The van der Waals surface area contributed by atoms with E-state index in [0.29, 0.717) is 6.61 Å². The molecule has 0 spiro atoms. The molecule has 5 heteroatoms. The van der Waals surface area contributed by atoms with E-state index in [0.717, 1.165) is 51.1 Å². The molecule has 0 amide bonds.